The van der Waals surface area contributed by atoms with Crippen LogP contribution in [0.3, 0.4) is 0 Å². The number of hydrazine groups is 1. The molecule has 3 aromatic rings. The molecule has 1 heterocycles. The number of rotatable bonds is 6. The number of nitrogens with one attached hydrogen (secondary N) is 3. The van der Waals surface area contributed by atoms with Crippen molar-refractivity contribution in [3.63, 3.8) is 0 Å². The van der Waals surface area contributed by atoms with Crippen LogP contribution in [-0.4, -0.2) is 28.3 Å². The molecule has 0 fully saturated rings. The fourth-order valence-electron chi connectivity index (χ4n) is 2.54. The molecule has 2 amide bonds. The minimum Gasteiger partial charge on any atom is -0.379 e. The minimum atomic E-state index is -0.536. The average molecular weight is 379 g/mol. The lowest BCUT2D eigenvalue weighted by molar-refractivity contribution is -0.384. The lowest BCUT2D eigenvalue weighted by Crippen LogP contribution is -2.42. The predicted molar refractivity (Wildman–Crippen MR) is 104 cm³/mol. The van der Waals surface area contributed by atoms with Gasteiger partial charge in [-0.3, -0.25) is 30.6 Å². The van der Waals surface area contributed by atoms with Crippen molar-refractivity contribution in [2.45, 2.75) is 6.42 Å². The SMILES string of the molecule is O=C(CCNc1ccccc1[N+](=O)[O-])NNC(=O)c1ccc2ccccc2n1. The van der Waals surface area contributed by atoms with Crippen LogP contribution in [0.5, 0.6) is 0 Å². The van der Waals surface area contributed by atoms with Crippen molar-refractivity contribution in [3.05, 3.63) is 76.5 Å². The number of nitro groups is 1. The van der Waals surface area contributed by atoms with Crippen LogP contribution in [0, 0.1) is 10.1 Å². The number of anilines is 1. The van der Waals surface area contributed by atoms with Crippen molar-refractivity contribution in [1.29, 1.82) is 0 Å². The maximum Gasteiger partial charge on any atom is 0.292 e. The Labute approximate surface area is 159 Å². The zero-order valence-corrected chi connectivity index (χ0v) is 14.7. The summed E-state index contributed by atoms with van der Waals surface area (Å²) in [5.74, 6) is -0.981. The van der Waals surface area contributed by atoms with Gasteiger partial charge in [-0.15, -0.1) is 0 Å². The Bertz CT molecular complexity index is 1040. The van der Waals surface area contributed by atoms with Crippen LogP contribution in [0.4, 0.5) is 11.4 Å². The minimum absolute atomic E-state index is 0.0114. The molecule has 0 saturated carbocycles. The first kappa shape index (κ1) is 18.8. The molecule has 0 atom stereocenters. The van der Waals surface area contributed by atoms with Crippen LogP contribution in [0.1, 0.15) is 16.9 Å². The molecule has 9 nitrogen and oxygen atoms in total. The molecule has 3 rings (SSSR count). The average Bonchev–Trinajstić information content (AvgIpc) is 2.72. The summed E-state index contributed by atoms with van der Waals surface area (Å²) in [7, 11) is 0. The Morgan fingerprint density at radius 1 is 0.964 bits per heavy atom. The molecular formula is C19H17N5O4. The molecule has 0 radical (unpaired) electrons. The van der Waals surface area contributed by atoms with E-state index in [0.29, 0.717) is 11.2 Å². The molecule has 0 bridgehead atoms. The number of hydrogen-bond acceptors (Lipinski definition) is 6. The number of para-hydroxylation sites is 3. The molecule has 0 unspecified atom stereocenters. The number of carbonyl (C=O) groups excluding carboxylic acids is 2. The number of pyridine rings is 1. The number of aromatic nitrogens is 1. The van der Waals surface area contributed by atoms with Crippen LogP contribution < -0.4 is 16.2 Å². The van der Waals surface area contributed by atoms with E-state index in [1.165, 1.54) is 6.07 Å². The van der Waals surface area contributed by atoms with E-state index in [2.05, 4.69) is 21.2 Å². The highest BCUT2D eigenvalue weighted by atomic mass is 16.6. The van der Waals surface area contributed by atoms with Gasteiger partial charge in [0.25, 0.3) is 11.6 Å². The molecule has 28 heavy (non-hydrogen) atoms. The highest BCUT2D eigenvalue weighted by molar-refractivity contribution is 5.95. The number of hydrogen-bond donors (Lipinski definition) is 3. The monoisotopic (exact) mass is 379 g/mol. The van der Waals surface area contributed by atoms with E-state index in [1.807, 2.05) is 18.2 Å². The second-order valence-corrected chi connectivity index (χ2v) is 5.84. The lowest BCUT2D eigenvalue weighted by Gasteiger charge is -2.09. The molecular weight excluding hydrogens is 362 g/mol. The summed E-state index contributed by atoms with van der Waals surface area (Å²) >= 11 is 0. The first-order valence-corrected chi connectivity index (χ1v) is 8.47. The molecule has 0 aliphatic heterocycles. The van der Waals surface area contributed by atoms with E-state index in [9.17, 15) is 19.7 Å². The van der Waals surface area contributed by atoms with E-state index in [1.54, 1.807) is 36.4 Å². The maximum atomic E-state index is 12.1. The molecule has 0 spiro atoms. The van der Waals surface area contributed by atoms with Gasteiger partial charge in [-0.25, -0.2) is 4.98 Å². The number of benzene rings is 2. The zero-order chi connectivity index (χ0) is 19.9. The van der Waals surface area contributed by atoms with Crippen LogP contribution in [0.25, 0.3) is 10.9 Å². The quantitative estimate of drug-likeness (QED) is 0.446. The summed E-state index contributed by atoms with van der Waals surface area (Å²) in [6, 6.07) is 16.9. The second kappa shape index (κ2) is 8.58. The Balaban J connectivity index is 1.48. The first-order valence-electron chi connectivity index (χ1n) is 8.47. The number of nitrogens with zero attached hydrogens (tertiary/aromatic N) is 2. The van der Waals surface area contributed by atoms with Crippen LogP contribution >= 0.6 is 0 Å². The molecule has 2 aromatic carbocycles. The van der Waals surface area contributed by atoms with E-state index in [0.717, 1.165) is 5.39 Å². The zero-order valence-electron chi connectivity index (χ0n) is 14.7. The highest BCUT2D eigenvalue weighted by Crippen LogP contribution is 2.22. The third kappa shape index (κ3) is 4.58. The molecule has 9 heteroatoms. The molecule has 0 aliphatic carbocycles. The third-order valence-electron chi connectivity index (χ3n) is 3.91. The lowest BCUT2D eigenvalue weighted by atomic mass is 10.2. The largest absolute Gasteiger partial charge is 0.379 e. The number of fused-ring (bicyclic) bond motifs is 1. The first-order chi connectivity index (χ1) is 13.5. The summed E-state index contributed by atoms with van der Waals surface area (Å²) < 4.78 is 0. The van der Waals surface area contributed by atoms with Gasteiger partial charge in [0, 0.05) is 24.4 Å². The van der Waals surface area contributed by atoms with E-state index in [-0.39, 0.29) is 24.3 Å². The van der Waals surface area contributed by atoms with Gasteiger partial charge >= 0.3 is 0 Å². The van der Waals surface area contributed by atoms with E-state index in [4.69, 9.17) is 0 Å². The van der Waals surface area contributed by atoms with E-state index >= 15 is 0 Å². The van der Waals surface area contributed by atoms with Crippen LogP contribution in [-0.2, 0) is 4.79 Å². The summed E-state index contributed by atoms with van der Waals surface area (Å²) in [6.45, 7) is 0.167. The fraction of sp³-hybridized carbons (Fsp3) is 0.105. The normalized spacial score (nSPS) is 10.3. The van der Waals surface area contributed by atoms with Crippen molar-refractivity contribution in [3.8, 4) is 0 Å². The van der Waals surface area contributed by atoms with Crippen LogP contribution in [0.15, 0.2) is 60.7 Å². The molecule has 0 saturated heterocycles. The standard InChI is InChI=1S/C19H17N5O4/c25-18(11-12-20-15-7-3-4-8-17(15)24(27)28)22-23-19(26)16-10-9-13-5-1-2-6-14(13)21-16/h1-10,20H,11-12H2,(H,22,25)(H,23,26). The van der Waals surface area contributed by atoms with Gasteiger partial charge in [-0.1, -0.05) is 36.4 Å². The van der Waals surface area contributed by atoms with Gasteiger partial charge in [0.2, 0.25) is 5.91 Å². The van der Waals surface area contributed by atoms with Crippen molar-refractivity contribution in [2.24, 2.45) is 0 Å². The molecule has 142 valence electrons. The van der Waals surface area contributed by atoms with Gasteiger partial charge in [-0.2, -0.15) is 0 Å². The van der Waals surface area contributed by atoms with Gasteiger partial charge in [-0.05, 0) is 18.2 Å². The topological polar surface area (TPSA) is 126 Å². The summed E-state index contributed by atoms with van der Waals surface area (Å²) in [5, 5.41) is 14.7. The number of carbonyl (C=O) groups is 2. The summed E-state index contributed by atoms with van der Waals surface area (Å²) in [6.07, 6.45) is 0.0114. The van der Waals surface area contributed by atoms with Crippen molar-refractivity contribution >= 4 is 34.1 Å². The van der Waals surface area contributed by atoms with Crippen molar-refractivity contribution in [2.75, 3.05) is 11.9 Å². The smallest absolute Gasteiger partial charge is 0.292 e. The van der Waals surface area contributed by atoms with Gasteiger partial charge in [0.1, 0.15) is 11.4 Å². The maximum absolute atomic E-state index is 12.1. The molecule has 1 aromatic heterocycles. The fourth-order valence-corrected chi connectivity index (χ4v) is 2.54. The number of nitro benzene ring substituents is 1. The molecule has 0 aliphatic rings. The van der Waals surface area contributed by atoms with Gasteiger partial charge < -0.3 is 5.32 Å². The van der Waals surface area contributed by atoms with Crippen molar-refractivity contribution < 1.29 is 14.5 Å². The Hall–Kier alpha value is -4.01. The van der Waals surface area contributed by atoms with Gasteiger partial charge in [0.15, 0.2) is 0 Å². The number of amides is 2. The van der Waals surface area contributed by atoms with E-state index < -0.39 is 16.7 Å². The summed E-state index contributed by atoms with van der Waals surface area (Å²) in [5.41, 5.74) is 5.71. The predicted octanol–water partition coefficient (Wildman–Crippen LogP) is 2.41. The highest BCUT2D eigenvalue weighted by Gasteiger charge is 2.13. The third-order valence-corrected chi connectivity index (χ3v) is 3.91. The van der Waals surface area contributed by atoms with Gasteiger partial charge in [0.05, 0.1) is 10.4 Å². The second-order valence-electron chi connectivity index (χ2n) is 5.84. The Kier molecular flexibility index (Phi) is 5.75. The van der Waals surface area contributed by atoms with Crippen LogP contribution in [0.2, 0.25) is 0 Å². The Morgan fingerprint density at radius 3 is 2.54 bits per heavy atom. The Morgan fingerprint density at radius 2 is 1.71 bits per heavy atom. The van der Waals surface area contributed by atoms with Crippen molar-refractivity contribution in [1.82, 2.24) is 15.8 Å². The summed E-state index contributed by atoms with van der Waals surface area (Å²) in [4.78, 5) is 38.7. The molecule has 3 N–H and O–H groups in total.